The number of nitrogens with zero attached hydrogens (tertiary/aromatic N) is 1. The second kappa shape index (κ2) is 9.69. The molecule has 1 aliphatic heterocycles. The molecule has 162 valence electrons. The fourth-order valence-corrected chi connectivity index (χ4v) is 4.30. The van der Waals surface area contributed by atoms with Crippen molar-refractivity contribution in [1.29, 1.82) is 0 Å². The highest BCUT2D eigenvalue weighted by Crippen LogP contribution is 2.40. The smallest absolute Gasteiger partial charge is 0.126 e. The Kier molecular flexibility index (Phi) is 6.77. The van der Waals surface area contributed by atoms with Crippen LogP contribution in [0.4, 0.5) is 0 Å². The lowest BCUT2D eigenvalue weighted by Gasteiger charge is -2.28. The molecule has 1 atom stereocenters. The van der Waals surface area contributed by atoms with Crippen LogP contribution in [0.5, 0.6) is 17.2 Å². The summed E-state index contributed by atoms with van der Waals surface area (Å²) in [6.07, 6.45) is 3.63. The number of benzene rings is 2. The monoisotopic (exact) mass is 413 g/mol. The molecule has 2 aliphatic rings. The number of phenolic OH excluding ortho intramolecular Hbond substituents is 1. The number of aromatic hydroxyl groups is 1. The Balaban J connectivity index is 1.49. The predicted molar refractivity (Wildman–Crippen MR) is 115 cm³/mol. The van der Waals surface area contributed by atoms with Gasteiger partial charge in [-0.3, -0.25) is 4.90 Å². The van der Waals surface area contributed by atoms with Crippen LogP contribution in [0.15, 0.2) is 30.3 Å². The van der Waals surface area contributed by atoms with Crippen molar-refractivity contribution in [1.82, 2.24) is 4.90 Å². The molecule has 0 saturated carbocycles. The van der Waals surface area contributed by atoms with Gasteiger partial charge in [0.15, 0.2) is 0 Å². The van der Waals surface area contributed by atoms with E-state index in [0.717, 1.165) is 49.0 Å². The summed E-state index contributed by atoms with van der Waals surface area (Å²) in [5.41, 5.74) is 3.93. The summed E-state index contributed by atoms with van der Waals surface area (Å²) in [6, 6.07) is 9.71. The fourth-order valence-electron chi connectivity index (χ4n) is 4.30. The van der Waals surface area contributed by atoms with Crippen molar-refractivity contribution >= 4 is 0 Å². The summed E-state index contributed by atoms with van der Waals surface area (Å²) in [5.74, 6) is 1.63. The van der Waals surface area contributed by atoms with Gasteiger partial charge in [0, 0.05) is 31.3 Å². The van der Waals surface area contributed by atoms with E-state index >= 15 is 0 Å². The van der Waals surface area contributed by atoms with Gasteiger partial charge >= 0.3 is 0 Å². The van der Waals surface area contributed by atoms with Crippen molar-refractivity contribution in [2.75, 3.05) is 46.6 Å². The molecule has 6 heteroatoms. The number of hydrogen-bond acceptors (Lipinski definition) is 6. The van der Waals surface area contributed by atoms with Crippen LogP contribution < -0.4 is 9.47 Å². The summed E-state index contributed by atoms with van der Waals surface area (Å²) in [5, 5.41) is 21.3. The van der Waals surface area contributed by atoms with Gasteiger partial charge in [-0.1, -0.05) is 12.1 Å². The third-order valence-corrected chi connectivity index (χ3v) is 5.94. The number of ether oxygens (including phenoxy) is 3. The van der Waals surface area contributed by atoms with Crippen LogP contribution in [0.3, 0.4) is 0 Å². The quantitative estimate of drug-likeness (QED) is 0.727. The van der Waals surface area contributed by atoms with E-state index in [2.05, 4.69) is 11.0 Å². The average Bonchev–Trinajstić information content (AvgIpc) is 2.78. The third-order valence-electron chi connectivity index (χ3n) is 5.94. The highest BCUT2D eigenvalue weighted by molar-refractivity contribution is 5.75. The Morgan fingerprint density at radius 2 is 1.83 bits per heavy atom. The van der Waals surface area contributed by atoms with Crippen molar-refractivity contribution in [3.8, 4) is 28.4 Å². The van der Waals surface area contributed by atoms with Crippen molar-refractivity contribution in [3.05, 3.63) is 41.5 Å². The number of hydrogen-bond donors (Lipinski definition) is 2. The molecule has 1 heterocycles. The lowest BCUT2D eigenvalue weighted by atomic mass is 9.88. The van der Waals surface area contributed by atoms with Crippen LogP contribution in [-0.4, -0.2) is 67.8 Å². The number of rotatable bonds is 7. The van der Waals surface area contributed by atoms with Gasteiger partial charge in [-0.2, -0.15) is 0 Å². The SMILES string of the molecule is COc1cc(OCC(O)CN2CCOCC2)cc(-c2ccc3c(c2O)CCCC3)c1. The Hall–Kier alpha value is -2.28. The molecule has 2 N–H and O–H groups in total. The number of β-amino-alcohol motifs (C(OH)–C–C–N with tert-alkyl or cyclic N) is 1. The Bertz CT molecular complexity index is 863. The topological polar surface area (TPSA) is 71.4 Å². The first-order valence-electron chi connectivity index (χ1n) is 10.8. The van der Waals surface area contributed by atoms with Crippen molar-refractivity contribution in [2.45, 2.75) is 31.8 Å². The Morgan fingerprint density at radius 3 is 2.63 bits per heavy atom. The molecular weight excluding hydrogens is 382 g/mol. The third kappa shape index (κ3) is 4.89. The van der Waals surface area contributed by atoms with Gasteiger partial charge in [0.2, 0.25) is 0 Å². The van der Waals surface area contributed by atoms with Crippen molar-refractivity contribution in [2.24, 2.45) is 0 Å². The molecular formula is C24H31NO5. The first-order chi connectivity index (χ1) is 14.6. The van der Waals surface area contributed by atoms with E-state index in [0.29, 0.717) is 37.0 Å². The van der Waals surface area contributed by atoms with Crippen LogP contribution >= 0.6 is 0 Å². The van der Waals surface area contributed by atoms with Crippen molar-refractivity contribution in [3.63, 3.8) is 0 Å². The average molecular weight is 414 g/mol. The summed E-state index contributed by atoms with van der Waals surface area (Å²) < 4.78 is 16.7. The lowest BCUT2D eigenvalue weighted by molar-refractivity contribution is 0.00464. The molecule has 2 aromatic carbocycles. The number of phenols is 1. The minimum Gasteiger partial charge on any atom is -0.507 e. The largest absolute Gasteiger partial charge is 0.507 e. The van der Waals surface area contributed by atoms with E-state index in [9.17, 15) is 10.2 Å². The highest BCUT2D eigenvalue weighted by atomic mass is 16.5. The molecule has 2 aromatic rings. The molecule has 0 radical (unpaired) electrons. The van der Waals surface area contributed by atoms with Crippen LogP contribution in [0, 0.1) is 0 Å². The van der Waals surface area contributed by atoms with E-state index in [4.69, 9.17) is 14.2 Å². The van der Waals surface area contributed by atoms with Crippen LogP contribution in [0.1, 0.15) is 24.0 Å². The van der Waals surface area contributed by atoms with E-state index in [1.54, 1.807) is 13.2 Å². The molecule has 1 aliphatic carbocycles. The Morgan fingerprint density at radius 1 is 1.07 bits per heavy atom. The molecule has 1 unspecified atom stereocenters. The molecule has 0 spiro atoms. The molecule has 4 rings (SSSR count). The van der Waals surface area contributed by atoms with Gasteiger partial charge in [-0.05, 0) is 54.5 Å². The van der Waals surface area contributed by atoms with Crippen LogP contribution in [0.2, 0.25) is 0 Å². The minimum absolute atomic E-state index is 0.195. The zero-order valence-corrected chi connectivity index (χ0v) is 17.6. The van der Waals surface area contributed by atoms with Gasteiger partial charge in [-0.15, -0.1) is 0 Å². The maximum absolute atomic E-state index is 10.9. The molecule has 6 nitrogen and oxygen atoms in total. The second-order valence-electron chi connectivity index (χ2n) is 8.08. The zero-order valence-electron chi connectivity index (χ0n) is 17.6. The summed E-state index contributed by atoms with van der Waals surface area (Å²) in [7, 11) is 1.61. The fraction of sp³-hybridized carbons (Fsp3) is 0.500. The molecule has 0 amide bonds. The summed E-state index contributed by atoms with van der Waals surface area (Å²) >= 11 is 0. The van der Waals surface area contributed by atoms with Gasteiger partial charge < -0.3 is 24.4 Å². The van der Waals surface area contributed by atoms with Crippen LogP contribution in [0.25, 0.3) is 11.1 Å². The van der Waals surface area contributed by atoms with E-state index in [-0.39, 0.29) is 6.61 Å². The zero-order chi connectivity index (χ0) is 20.9. The number of fused-ring (bicyclic) bond motifs is 1. The number of aliphatic hydroxyl groups is 1. The first-order valence-corrected chi connectivity index (χ1v) is 10.8. The highest BCUT2D eigenvalue weighted by Gasteiger charge is 2.19. The minimum atomic E-state index is -0.588. The van der Waals surface area contributed by atoms with E-state index < -0.39 is 6.10 Å². The second-order valence-corrected chi connectivity index (χ2v) is 8.08. The molecule has 0 aromatic heterocycles. The van der Waals surface area contributed by atoms with Gasteiger partial charge in [0.25, 0.3) is 0 Å². The molecule has 1 saturated heterocycles. The number of methoxy groups -OCH3 is 1. The predicted octanol–water partition coefficient (Wildman–Crippen LogP) is 3.02. The summed E-state index contributed by atoms with van der Waals surface area (Å²) in [6.45, 7) is 3.83. The van der Waals surface area contributed by atoms with E-state index in [1.165, 1.54) is 12.0 Å². The Labute approximate surface area is 178 Å². The standard InChI is InChI=1S/C24H31NO5/c1-28-20-12-18(23-7-6-17-4-2-3-5-22(17)24(23)27)13-21(14-20)30-16-19(26)15-25-8-10-29-11-9-25/h6-7,12-14,19,26-27H,2-5,8-11,15-16H2,1H3. The van der Waals surface area contributed by atoms with E-state index in [1.807, 2.05) is 18.2 Å². The normalized spacial score (nSPS) is 17.9. The van der Waals surface area contributed by atoms with Gasteiger partial charge in [0.05, 0.1) is 20.3 Å². The lowest BCUT2D eigenvalue weighted by Crippen LogP contribution is -2.42. The van der Waals surface area contributed by atoms with Gasteiger partial charge in [0.1, 0.15) is 30.0 Å². The maximum atomic E-state index is 10.9. The first kappa shape index (κ1) is 21.0. The van der Waals surface area contributed by atoms with Gasteiger partial charge in [-0.25, -0.2) is 0 Å². The molecule has 1 fully saturated rings. The molecule has 0 bridgehead atoms. The number of aryl methyl sites for hydroxylation is 1. The van der Waals surface area contributed by atoms with Crippen molar-refractivity contribution < 1.29 is 24.4 Å². The maximum Gasteiger partial charge on any atom is 0.126 e. The summed E-state index contributed by atoms with van der Waals surface area (Å²) in [4.78, 5) is 2.18. The number of morpholine rings is 1. The molecule has 30 heavy (non-hydrogen) atoms. The van der Waals surface area contributed by atoms with Crippen LogP contribution in [-0.2, 0) is 17.6 Å². The number of aliphatic hydroxyl groups excluding tert-OH is 1.